The number of allylic oxidation sites excluding steroid dienone is 8. The zero-order valence-corrected chi connectivity index (χ0v) is 63.9. The maximum Gasteiger partial charge on any atom is 0.239 e. The van der Waals surface area contributed by atoms with E-state index in [0.29, 0.717) is 26.4 Å². The van der Waals surface area contributed by atoms with Gasteiger partial charge in [-0.3, -0.25) is 0 Å². The van der Waals surface area contributed by atoms with E-state index in [2.05, 4.69) is 76.3 Å². The summed E-state index contributed by atoms with van der Waals surface area (Å²) in [6.07, 6.45) is 89.7. The van der Waals surface area contributed by atoms with Crippen molar-refractivity contribution in [2.24, 2.45) is 5.14 Å². The molecule has 554 valence electrons. The molecule has 10 nitrogen and oxygen atoms in total. The van der Waals surface area contributed by atoms with Gasteiger partial charge in [-0.2, -0.15) is 0 Å². The largest absolute Gasteiger partial charge is 0.394 e. The lowest BCUT2D eigenvalue weighted by Crippen LogP contribution is -2.45. The van der Waals surface area contributed by atoms with Crippen molar-refractivity contribution >= 4 is 10.0 Å². The molecule has 0 saturated heterocycles. The number of nitrogens with zero attached hydrogens (tertiary/aromatic N) is 1. The lowest BCUT2D eigenvalue weighted by atomic mass is 10.1. The van der Waals surface area contributed by atoms with Crippen molar-refractivity contribution in [3.8, 4) is 0 Å². The first kappa shape index (κ1) is 93.6. The molecule has 0 bridgehead atoms. The third-order valence-electron chi connectivity index (χ3n) is 17.8. The molecule has 0 rings (SSSR count). The SMILES string of the molecule is CCCCCCCC/C=C\CCCCCCCCOC(COCCN(C)C)C(OCCCCCCCC/C=C\CCCCCCCC)S(N)(=O)=O.CCCCCCCC/C=C\CCCCCCCCOCC(CO)OCCCCCCCC/C=C\CCCCCCCC. The highest BCUT2D eigenvalue weighted by Crippen LogP contribution is 2.18. The van der Waals surface area contributed by atoms with E-state index in [1.165, 1.54) is 315 Å². The van der Waals surface area contributed by atoms with Gasteiger partial charge in [-0.25, -0.2) is 13.6 Å². The number of ether oxygens (including phenoxy) is 5. The molecule has 11 heteroatoms. The summed E-state index contributed by atoms with van der Waals surface area (Å²) in [6, 6.07) is 0. The van der Waals surface area contributed by atoms with Gasteiger partial charge < -0.3 is 33.7 Å². The van der Waals surface area contributed by atoms with Crippen LogP contribution in [0.4, 0.5) is 0 Å². The number of nitrogens with two attached hydrogens (primary N) is 1. The fourth-order valence-corrected chi connectivity index (χ4v) is 12.5. The molecule has 93 heavy (non-hydrogen) atoms. The number of rotatable bonds is 77. The smallest absolute Gasteiger partial charge is 0.239 e. The van der Waals surface area contributed by atoms with Crippen LogP contribution < -0.4 is 5.14 Å². The third-order valence-corrected chi connectivity index (χ3v) is 18.9. The van der Waals surface area contributed by atoms with Crippen molar-refractivity contribution in [1.82, 2.24) is 4.90 Å². The van der Waals surface area contributed by atoms with Crippen molar-refractivity contribution in [2.75, 3.05) is 73.5 Å². The number of aliphatic hydroxyl groups is 1. The molecule has 0 aliphatic heterocycles. The predicted octanol–water partition coefficient (Wildman–Crippen LogP) is 24.1. The Morgan fingerprint density at radius 1 is 0.323 bits per heavy atom. The van der Waals surface area contributed by atoms with Crippen LogP contribution in [-0.4, -0.2) is 110 Å². The Bertz CT molecular complexity index is 1620. The molecule has 0 aromatic carbocycles. The van der Waals surface area contributed by atoms with Crippen LogP contribution in [0, 0.1) is 0 Å². The third kappa shape index (κ3) is 79.5. The summed E-state index contributed by atoms with van der Waals surface area (Å²) in [4.78, 5) is 2.03. The number of aliphatic hydroxyl groups excluding tert-OH is 1. The zero-order chi connectivity index (χ0) is 68.0. The van der Waals surface area contributed by atoms with Crippen molar-refractivity contribution in [1.29, 1.82) is 0 Å². The van der Waals surface area contributed by atoms with Gasteiger partial charge in [0, 0.05) is 33.0 Å². The first-order valence-corrected chi connectivity index (χ1v) is 42.2. The minimum atomic E-state index is -3.96. The van der Waals surface area contributed by atoms with Gasteiger partial charge in [0.05, 0.1) is 26.4 Å². The molecular formula is C82H162N2O8S. The molecule has 0 amide bonds. The van der Waals surface area contributed by atoms with Crippen LogP contribution in [0.5, 0.6) is 0 Å². The van der Waals surface area contributed by atoms with E-state index < -0.39 is 21.6 Å². The first-order valence-electron chi connectivity index (χ1n) is 40.5. The molecule has 0 fully saturated rings. The molecule has 0 spiro atoms. The molecule has 0 aliphatic rings. The van der Waals surface area contributed by atoms with E-state index in [0.717, 1.165) is 64.7 Å². The van der Waals surface area contributed by atoms with E-state index in [4.69, 9.17) is 28.8 Å². The highest BCUT2D eigenvalue weighted by molar-refractivity contribution is 7.89. The summed E-state index contributed by atoms with van der Waals surface area (Å²) in [5, 5.41) is 15.3. The molecular weight excluding hydrogens is 1170 g/mol. The Kier molecular flexibility index (Phi) is 81.8. The number of sulfonamides is 1. The second-order valence-corrected chi connectivity index (χ2v) is 29.3. The second-order valence-electron chi connectivity index (χ2n) is 27.6. The maximum atomic E-state index is 12.6. The summed E-state index contributed by atoms with van der Waals surface area (Å²) in [7, 11) is 0.00351. The number of likely N-dealkylation sites (N-methyl/N-ethyl adjacent to an activating group) is 1. The number of primary sulfonamides is 1. The molecule has 0 aromatic rings. The van der Waals surface area contributed by atoms with E-state index in [9.17, 15) is 13.5 Å². The molecule has 0 aromatic heterocycles. The molecule has 0 radical (unpaired) electrons. The molecule has 0 aliphatic carbocycles. The minimum absolute atomic E-state index is 0.0553. The monoisotopic (exact) mass is 1340 g/mol. The number of hydrogen-bond donors (Lipinski definition) is 2. The molecule has 0 heterocycles. The number of hydrogen-bond acceptors (Lipinski definition) is 9. The van der Waals surface area contributed by atoms with Gasteiger partial charge in [-0.1, -0.05) is 307 Å². The Balaban J connectivity index is 0. The second kappa shape index (κ2) is 81.3. The molecule has 3 unspecified atom stereocenters. The average molecular weight is 1340 g/mol. The average Bonchev–Trinajstić information content (AvgIpc) is 1.70. The first-order chi connectivity index (χ1) is 45.7. The quantitative estimate of drug-likeness (QED) is 0.0452. The van der Waals surface area contributed by atoms with Crippen LogP contribution in [0.3, 0.4) is 0 Å². The number of unbranched alkanes of at least 4 members (excludes halogenated alkanes) is 48. The fraction of sp³-hybridized carbons (Fsp3) is 0.902. The molecule has 3 atom stereocenters. The summed E-state index contributed by atoms with van der Waals surface area (Å²) in [5.41, 5.74) is -1.21. The topological polar surface area (TPSA) is 130 Å². The highest BCUT2D eigenvalue weighted by Gasteiger charge is 2.33. The lowest BCUT2D eigenvalue weighted by Gasteiger charge is -2.26. The van der Waals surface area contributed by atoms with Gasteiger partial charge in [-0.05, 0) is 143 Å². The van der Waals surface area contributed by atoms with E-state index in [-0.39, 0.29) is 19.3 Å². The summed E-state index contributed by atoms with van der Waals surface area (Å²) >= 11 is 0. The van der Waals surface area contributed by atoms with Crippen LogP contribution in [-0.2, 0) is 33.7 Å². The normalized spacial score (nSPS) is 13.3. The Labute approximate surface area is 581 Å². The van der Waals surface area contributed by atoms with Crippen LogP contribution in [0.25, 0.3) is 0 Å². The van der Waals surface area contributed by atoms with Gasteiger partial charge >= 0.3 is 0 Å². The maximum absolute atomic E-state index is 12.6. The summed E-state index contributed by atoms with van der Waals surface area (Å²) in [6.45, 7) is 13.4. The van der Waals surface area contributed by atoms with E-state index in [1.54, 1.807) is 0 Å². The standard InChI is InChI=1S/C43H86N2O5S.C39H76O3/c1-5-7-9-11-13-15-17-19-21-23-25-27-29-31-33-35-38-49-42(41-48-40-37-45(3)4)43(51(44,46)47)50-39-36-34-32-30-28-26-24-22-20-18-16-14-12-10-8-6-2;1-3-5-7-9-11-13-15-17-19-21-23-25-27-29-31-33-35-41-38-39(37-40)42-36-34-32-30-28-26-24-22-20-18-16-14-12-10-8-6-4-2/h19-22,42-43H,5-18,23-41H2,1-4H3,(H2,44,46,47);17-20,39-40H,3-16,21-38H2,1-2H3/b21-19-,22-20-;19-17-,20-18-. The van der Waals surface area contributed by atoms with Crippen LogP contribution >= 0.6 is 0 Å². The highest BCUT2D eigenvalue weighted by atomic mass is 32.2. The van der Waals surface area contributed by atoms with Crippen LogP contribution in [0.2, 0.25) is 0 Å². The van der Waals surface area contributed by atoms with Crippen molar-refractivity contribution in [3.05, 3.63) is 48.6 Å². The summed E-state index contributed by atoms with van der Waals surface area (Å²) < 4.78 is 54.7. The van der Waals surface area contributed by atoms with Gasteiger partial charge in [-0.15, -0.1) is 0 Å². The lowest BCUT2D eigenvalue weighted by molar-refractivity contribution is -0.0778. The van der Waals surface area contributed by atoms with Crippen LogP contribution in [0.1, 0.15) is 387 Å². The Hall–Kier alpha value is -1.41. The molecule has 3 N–H and O–H groups in total. The van der Waals surface area contributed by atoms with Crippen molar-refractivity contribution < 1.29 is 37.2 Å². The zero-order valence-electron chi connectivity index (χ0n) is 63.1. The fourth-order valence-electron chi connectivity index (χ4n) is 11.6. The van der Waals surface area contributed by atoms with Gasteiger partial charge in [0.2, 0.25) is 15.5 Å². The van der Waals surface area contributed by atoms with Gasteiger partial charge in [0.1, 0.15) is 12.2 Å². The summed E-state index contributed by atoms with van der Waals surface area (Å²) in [5.74, 6) is 0. The van der Waals surface area contributed by atoms with Crippen molar-refractivity contribution in [2.45, 2.75) is 405 Å². The van der Waals surface area contributed by atoms with Crippen molar-refractivity contribution in [3.63, 3.8) is 0 Å². The van der Waals surface area contributed by atoms with Crippen LogP contribution in [0.15, 0.2) is 48.6 Å². The predicted molar refractivity (Wildman–Crippen MR) is 407 cm³/mol. The minimum Gasteiger partial charge on any atom is -0.394 e. The Morgan fingerprint density at radius 2 is 0.570 bits per heavy atom. The van der Waals surface area contributed by atoms with Gasteiger partial charge in [0.15, 0.2) is 0 Å². The van der Waals surface area contributed by atoms with E-state index in [1.807, 2.05) is 19.0 Å². The molecule has 0 saturated carbocycles. The Morgan fingerprint density at radius 3 is 0.849 bits per heavy atom. The van der Waals surface area contributed by atoms with Gasteiger partial charge in [0.25, 0.3) is 0 Å². The van der Waals surface area contributed by atoms with E-state index >= 15 is 0 Å².